The number of rotatable bonds is 3. The Labute approximate surface area is 95.8 Å². The van der Waals surface area contributed by atoms with Gasteiger partial charge in [0.15, 0.2) is 0 Å². The Morgan fingerprint density at radius 1 is 1.56 bits per heavy atom. The second-order valence-corrected chi connectivity index (χ2v) is 4.18. The first-order chi connectivity index (χ1) is 7.72. The molecule has 1 aromatic rings. The first-order valence-electron chi connectivity index (χ1n) is 5.75. The molecule has 0 bridgehead atoms. The van der Waals surface area contributed by atoms with Gasteiger partial charge in [-0.3, -0.25) is 4.79 Å². The molecule has 1 aromatic carbocycles. The number of carbonyl (C=O) groups is 1. The summed E-state index contributed by atoms with van der Waals surface area (Å²) in [5.74, 6) is -0.267. The Bertz CT molecular complexity index is 389. The van der Waals surface area contributed by atoms with Crippen molar-refractivity contribution in [3.63, 3.8) is 0 Å². The monoisotopic (exact) mass is 219 g/mol. The van der Waals surface area contributed by atoms with Crippen LogP contribution in [0.1, 0.15) is 31.7 Å². The van der Waals surface area contributed by atoms with Gasteiger partial charge in [0.1, 0.15) is 5.92 Å². The average Bonchev–Trinajstić information content (AvgIpc) is 2.72. The van der Waals surface area contributed by atoms with Crippen LogP contribution in [0.4, 0.5) is 5.69 Å². The number of anilines is 1. The molecule has 16 heavy (non-hydrogen) atoms. The van der Waals surface area contributed by atoms with Crippen molar-refractivity contribution in [3.8, 4) is 0 Å². The van der Waals surface area contributed by atoms with E-state index in [1.54, 1.807) is 0 Å². The summed E-state index contributed by atoms with van der Waals surface area (Å²) in [6.45, 7) is 4.58. The summed E-state index contributed by atoms with van der Waals surface area (Å²) < 4.78 is 5.36. The van der Waals surface area contributed by atoms with Gasteiger partial charge in [-0.05, 0) is 25.0 Å². The summed E-state index contributed by atoms with van der Waals surface area (Å²) in [7, 11) is 0. The molecule has 0 amide bonds. The first-order valence-corrected chi connectivity index (χ1v) is 5.75. The van der Waals surface area contributed by atoms with Crippen molar-refractivity contribution < 1.29 is 9.53 Å². The third-order valence-corrected chi connectivity index (χ3v) is 3.01. The zero-order valence-corrected chi connectivity index (χ0v) is 9.69. The van der Waals surface area contributed by atoms with Crippen LogP contribution < -0.4 is 5.32 Å². The second kappa shape index (κ2) is 4.56. The van der Waals surface area contributed by atoms with Crippen LogP contribution in [0.5, 0.6) is 0 Å². The number of para-hydroxylation sites is 1. The Kier molecular flexibility index (Phi) is 3.13. The van der Waals surface area contributed by atoms with Crippen LogP contribution in [-0.4, -0.2) is 18.6 Å². The quantitative estimate of drug-likeness (QED) is 0.794. The standard InChI is InChI=1S/C13H17NO2/c1-3-9(2)16-13(15)11-8-14-12-7-5-4-6-10(11)12/h4-7,9,11,14H,3,8H2,1-2H3. The highest BCUT2D eigenvalue weighted by Gasteiger charge is 2.30. The highest BCUT2D eigenvalue weighted by Crippen LogP contribution is 2.32. The Morgan fingerprint density at radius 3 is 3.06 bits per heavy atom. The molecule has 1 aliphatic rings. The molecule has 2 rings (SSSR count). The van der Waals surface area contributed by atoms with E-state index in [0.717, 1.165) is 17.7 Å². The maximum Gasteiger partial charge on any atom is 0.315 e. The maximum atomic E-state index is 11.9. The normalized spacial score (nSPS) is 19.8. The third-order valence-electron chi connectivity index (χ3n) is 3.01. The molecule has 0 spiro atoms. The molecule has 0 aromatic heterocycles. The summed E-state index contributed by atoms with van der Waals surface area (Å²) in [5.41, 5.74) is 2.10. The van der Waals surface area contributed by atoms with E-state index >= 15 is 0 Å². The fourth-order valence-corrected chi connectivity index (χ4v) is 1.86. The van der Waals surface area contributed by atoms with E-state index in [1.165, 1.54) is 0 Å². The molecule has 2 unspecified atom stereocenters. The van der Waals surface area contributed by atoms with Crippen molar-refractivity contribution in [2.45, 2.75) is 32.3 Å². The number of hydrogen-bond acceptors (Lipinski definition) is 3. The summed E-state index contributed by atoms with van der Waals surface area (Å²) in [6.07, 6.45) is 0.855. The van der Waals surface area contributed by atoms with Crippen LogP contribution in [0, 0.1) is 0 Å². The molecule has 0 fully saturated rings. The third kappa shape index (κ3) is 2.03. The highest BCUT2D eigenvalue weighted by atomic mass is 16.5. The van der Waals surface area contributed by atoms with Gasteiger partial charge in [0.2, 0.25) is 0 Å². The second-order valence-electron chi connectivity index (χ2n) is 4.18. The van der Waals surface area contributed by atoms with Crippen molar-refractivity contribution in [1.82, 2.24) is 0 Å². The smallest absolute Gasteiger partial charge is 0.315 e. The van der Waals surface area contributed by atoms with Gasteiger partial charge in [0.25, 0.3) is 0 Å². The predicted molar refractivity (Wildman–Crippen MR) is 63.5 cm³/mol. The maximum absolute atomic E-state index is 11.9. The van der Waals surface area contributed by atoms with Gasteiger partial charge in [0.05, 0.1) is 6.10 Å². The number of ether oxygens (including phenoxy) is 1. The predicted octanol–water partition coefficient (Wildman–Crippen LogP) is 2.54. The molecule has 3 heteroatoms. The summed E-state index contributed by atoms with van der Waals surface area (Å²) in [6, 6.07) is 7.90. The fraction of sp³-hybridized carbons (Fsp3) is 0.462. The molecule has 2 atom stereocenters. The lowest BCUT2D eigenvalue weighted by Crippen LogP contribution is -2.22. The fourth-order valence-electron chi connectivity index (χ4n) is 1.86. The van der Waals surface area contributed by atoms with Gasteiger partial charge in [-0.25, -0.2) is 0 Å². The van der Waals surface area contributed by atoms with Crippen molar-refractivity contribution >= 4 is 11.7 Å². The molecule has 1 N–H and O–H groups in total. The molecule has 0 saturated heterocycles. The van der Waals surface area contributed by atoms with Crippen molar-refractivity contribution in [1.29, 1.82) is 0 Å². The zero-order chi connectivity index (χ0) is 11.5. The Morgan fingerprint density at radius 2 is 2.31 bits per heavy atom. The van der Waals surface area contributed by atoms with Crippen molar-refractivity contribution in [2.75, 3.05) is 11.9 Å². The van der Waals surface area contributed by atoms with Gasteiger partial charge in [0, 0.05) is 12.2 Å². The number of fused-ring (bicyclic) bond motifs is 1. The minimum Gasteiger partial charge on any atom is -0.462 e. The lowest BCUT2D eigenvalue weighted by molar-refractivity contribution is -0.149. The number of esters is 1. The topological polar surface area (TPSA) is 38.3 Å². The lowest BCUT2D eigenvalue weighted by atomic mass is 10.0. The largest absolute Gasteiger partial charge is 0.462 e. The highest BCUT2D eigenvalue weighted by molar-refractivity contribution is 5.83. The van der Waals surface area contributed by atoms with Crippen LogP contribution >= 0.6 is 0 Å². The van der Waals surface area contributed by atoms with E-state index in [2.05, 4.69) is 5.32 Å². The Hall–Kier alpha value is -1.51. The SMILES string of the molecule is CCC(C)OC(=O)C1CNc2ccccc21. The van der Waals surface area contributed by atoms with Crippen LogP contribution in [0.2, 0.25) is 0 Å². The lowest BCUT2D eigenvalue weighted by Gasteiger charge is -2.14. The molecule has 1 aliphatic heterocycles. The first kappa shape index (κ1) is 11.0. The molecule has 0 aliphatic carbocycles. The van der Waals surface area contributed by atoms with E-state index in [0.29, 0.717) is 6.54 Å². The molecule has 0 radical (unpaired) electrons. The van der Waals surface area contributed by atoms with E-state index < -0.39 is 0 Å². The molecular weight excluding hydrogens is 202 g/mol. The number of nitrogens with one attached hydrogen (secondary N) is 1. The van der Waals surface area contributed by atoms with Gasteiger partial charge in [-0.15, -0.1) is 0 Å². The summed E-state index contributed by atoms with van der Waals surface area (Å²) >= 11 is 0. The van der Waals surface area contributed by atoms with Gasteiger partial charge in [-0.1, -0.05) is 25.1 Å². The van der Waals surface area contributed by atoms with Crippen LogP contribution in [-0.2, 0) is 9.53 Å². The minimum absolute atomic E-state index is 0.000243. The van der Waals surface area contributed by atoms with E-state index in [4.69, 9.17) is 4.74 Å². The van der Waals surface area contributed by atoms with E-state index in [-0.39, 0.29) is 18.0 Å². The molecule has 86 valence electrons. The van der Waals surface area contributed by atoms with Crippen molar-refractivity contribution in [3.05, 3.63) is 29.8 Å². The molecule has 0 saturated carbocycles. The number of carbonyl (C=O) groups excluding carboxylic acids is 1. The summed E-state index contributed by atoms with van der Waals surface area (Å²) in [5, 5.41) is 3.22. The minimum atomic E-state index is -0.148. The van der Waals surface area contributed by atoms with Gasteiger partial charge < -0.3 is 10.1 Å². The van der Waals surface area contributed by atoms with Crippen LogP contribution in [0.3, 0.4) is 0 Å². The average molecular weight is 219 g/mol. The van der Waals surface area contributed by atoms with Crippen LogP contribution in [0.25, 0.3) is 0 Å². The molecular formula is C13H17NO2. The van der Waals surface area contributed by atoms with E-state index in [9.17, 15) is 4.79 Å². The number of hydrogen-bond donors (Lipinski definition) is 1. The zero-order valence-electron chi connectivity index (χ0n) is 9.69. The Balaban J connectivity index is 2.10. The molecule has 1 heterocycles. The summed E-state index contributed by atoms with van der Waals surface area (Å²) in [4.78, 5) is 11.9. The van der Waals surface area contributed by atoms with Crippen LogP contribution in [0.15, 0.2) is 24.3 Å². The van der Waals surface area contributed by atoms with Crippen molar-refractivity contribution in [2.24, 2.45) is 0 Å². The van der Waals surface area contributed by atoms with Gasteiger partial charge in [-0.2, -0.15) is 0 Å². The van der Waals surface area contributed by atoms with Gasteiger partial charge >= 0.3 is 5.97 Å². The van der Waals surface area contributed by atoms with E-state index in [1.807, 2.05) is 38.1 Å². The molecule has 3 nitrogen and oxygen atoms in total. The number of benzene rings is 1.